The van der Waals surface area contributed by atoms with Gasteiger partial charge in [-0.05, 0) is 44.4 Å². The van der Waals surface area contributed by atoms with Crippen LogP contribution in [0, 0.1) is 0 Å². The Hall–Kier alpha value is -1.10. The van der Waals surface area contributed by atoms with Crippen LogP contribution >= 0.6 is 0 Å². The third-order valence-corrected chi connectivity index (χ3v) is 3.59. The third kappa shape index (κ3) is 4.78. The predicted octanol–water partition coefficient (Wildman–Crippen LogP) is 2.72. The lowest BCUT2D eigenvalue weighted by atomic mass is 10.1. The molecule has 0 aromatic heterocycles. The summed E-state index contributed by atoms with van der Waals surface area (Å²) < 4.78 is 16.3. The quantitative estimate of drug-likeness (QED) is 0.587. The lowest BCUT2D eigenvalue weighted by molar-refractivity contribution is 0.0224. The molecule has 1 saturated heterocycles. The van der Waals surface area contributed by atoms with Gasteiger partial charge in [0.2, 0.25) is 0 Å². The van der Waals surface area contributed by atoms with E-state index >= 15 is 0 Å². The molecule has 20 heavy (non-hydrogen) atoms. The van der Waals surface area contributed by atoms with Crippen LogP contribution in [-0.2, 0) is 16.0 Å². The summed E-state index contributed by atoms with van der Waals surface area (Å²) in [7, 11) is 0. The van der Waals surface area contributed by atoms with Gasteiger partial charge in [0.25, 0.3) is 0 Å². The molecule has 0 amide bonds. The Morgan fingerprint density at radius 3 is 2.80 bits per heavy atom. The van der Waals surface area contributed by atoms with Crippen molar-refractivity contribution in [2.24, 2.45) is 0 Å². The summed E-state index contributed by atoms with van der Waals surface area (Å²) in [4.78, 5) is 0. The van der Waals surface area contributed by atoms with E-state index in [1.807, 2.05) is 19.1 Å². The normalized spacial score (nSPS) is 20.0. The molecule has 1 aromatic rings. The minimum Gasteiger partial charge on any atom is -0.468 e. The molecule has 1 aliphatic rings. The van der Waals surface area contributed by atoms with Crippen LogP contribution in [-0.4, -0.2) is 32.2 Å². The largest absolute Gasteiger partial charge is 0.468 e. The summed E-state index contributed by atoms with van der Waals surface area (Å²) in [6, 6.07) is 8.51. The van der Waals surface area contributed by atoms with Crippen LogP contribution in [0.2, 0.25) is 0 Å². The summed E-state index contributed by atoms with van der Waals surface area (Å²) in [6.07, 6.45) is 2.71. The molecular weight excluding hydrogens is 254 g/mol. The van der Waals surface area contributed by atoms with Crippen LogP contribution < -0.4 is 10.1 Å². The van der Waals surface area contributed by atoms with Crippen LogP contribution in [0.5, 0.6) is 5.75 Å². The van der Waals surface area contributed by atoms with Crippen LogP contribution in [0.15, 0.2) is 24.3 Å². The zero-order chi connectivity index (χ0) is 14.2. The van der Waals surface area contributed by atoms with Crippen LogP contribution in [0.3, 0.4) is 0 Å². The van der Waals surface area contributed by atoms with Crippen molar-refractivity contribution in [1.29, 1.82) is 0 Å². The van der Waals surface area contributed by atoms with E-state index in [0.29, 0.717) is 25.5 Å². The van der Waals surface area contributed by atoms with Crippen LogP contribution in [0.25, 0.3) is 0 Å². The van der Waals surface area contributed by atoms with E-state index in [2.05, 4.69) is 24.4 Å². The summed E-state index contributed by atoms with van der Waals surface area (Å²) >= 11 is 0. The second-order valence-corrected chi connectivity index (χ2v) is 5.12. The van der Waals surface area contributed by atoms with E-state index in [0.717, 1.165) is 18.9 Å². The van der Waals surface area contributed by atoms with Crippen molar-refractivity contribution in [3.05, 3.63) is 29.8 Å². The topological polar surface area (TPSA) is 39.7 Å². The molecule has 1 heterocycles. The fraction of sp³-hybridized carbons (Fsp3) is 0.625. The molecule has 1 aromatic carbocycles. The average molecular weight is 279 g/mol. The maximum Gasteiger partial charge on any atom is 0.189 e. The van der Waals surface area contributed by atoms with Crippen molar-refractivity contribution in [2.45, 2.75) is 45.4 Å². The van der Waals surface area contributed by atoms with Gasteiger partial charge in [0.1, 0.15) is 5.75 Å². The lowest BCUT2D eigenvalue weighted by Crippen LogP contribution is -2.36. The van der Waals surface area contributed by atoms with Crippen molar-refractivity contribution in [1.82, 2.24) is 5.32 Å². The SMILES string of the molecule is CCOCOc1ccc(CNC(C)C2CCCO2)cc1. The average Bonchev–Trinajstić information content (AvgIpc) is 3.01. The summed E-state index contributed by atoms with van der Waals surface area (Å²) in [6.45, 7) is 6.88. The number of hydrogen-bond acceptors (Lipinski definition) is 4. The van der Waals surface area contributed by atoms with Crippen molar-refractivity contribution in [3.63, 3.8) is 0 Å². The minimum atomic E-state index is 0.310. The molecule has 1 fully saturated rings. The predicted molar refractivity (Wildman–Crippen MR) is 78.8 cm³/mol. The highest BCUT2D eigenvalue weighted by molar-refractivity contribution is 5.27. The fourth-order valence-corrected chi connectivity index (χ4v) is 2.30. The van der Waals surface area contributed by atoms with Gasteiger partial charge in [0, 0.05) is 25.8 Å². The maximum absolute atomic E-state index is 5.68. The van der Waals surface area contributed by atoms with E-state index in [-0.39, 0.29) is 0 Å². The molecule has 4 heteroatoms. The Balaban J connectivity index is 1.72. The first-order valence-electron chi connectivity index (χ1n) is 7.44. The van der Waals surface area contributed by atoms with Crippen molar-refractivity contribution >= 4 is 0 Å². The standard InChI is InChI=1S/C16H25NO3/c1-3-18-12-20-15-8-6-14(7-9-15)11-17-13(2)16-5-4-10-19-16/h6-9,13,16-17H,3-5,10-12H2,1-2H3. The lowest BCUT2D eigenvalue weighted by Gasteiger charge is -2.20. The highest BCUT2D eigenvalue weighted by Gasteiger charge is 2.21. The second kappa shape index (κ2) is 8.25. The zero-order valence-corrected chi connectivity index (χ0v) is 12.4. The van der Waals surface area contributed by atoms with Gasteiger partial charge in [-0.2, -0.15) is 0 Å². The van der Waals surface area contributed by atoms with Crippen molar-refractivity contribution in [3.8, 4) is 5.75 Å². The molecule has 2 atom stereocenters. The first kappa shape index (κ1) is 15.3. The van der Waals surface area contributed by atoms with Crippen molar-refractivity contribution < 1.29 is 14.2 Å². The number of rotatable bonds is 8. The van der Waals surface area contributed by atoms with E-state index in [4.69, 9.17) is 14.2 Å². The minimum absolute atomic E-state index is 0.310. The summed E-state index contributed by atoms with van der Waals surface area (Å²) in [5.74, 6) is 0.842. The molecule has 0 radical (unpaired) electrons. The first-order chi connectivity index (χ1) is 9.79. The molecule has 112 valence electrons. The van der Waals surface area contributed by atoms with Crippen LogP contribution in [0.1, 0.15) is 32.3 Å². The van der Waals surface area contributed by atoms with Gasteiger partial charge in [0.05, 0.1) is 6.10 Å². The van der Waals surface area contributed by atoms with Crippen molar-refractivity contribution in [2.75, 3.05) is 20.0 Å². The van der Waals surface area contributed by atoms with Gasteiger partial charge < -0.3 is 19.5 Å². The number of ether oxygens (including phenoxy) is 3. The monoisotopic (exact) mass is 279 g/mol. The number of benzene rings is 1. The zero-order valence-electron chi connectivity index (χ0n) is 12.4. The summed E-state index contributed by atoms with van der Waals surface area (Å²) in [5.41, 5.74) is 1.25. The Morgan fingerprint density at radius 1 is 1.35 bits per heavy atom. The smallest absolute Gasteiger partial charge is 0.189 e. The Kier molecular flexibility index (Phi) is 6.30. The van der Waals surface area contributed by atoms with E-state index in [1.165, 1.54) is 18.4 Å². The van der Waals surface area contributed by atoms with E-state index in [1.54, 1.807) is 0 Å². The van der Waals surface area contributed by atoms with Gasteiger partial charge >= 0.3 is 0 Å². The van der Waals surface area contributed by atoms with Gasteiger partial charge in [0.15, 0.2) is 6.79 Å². The molecular formula is C16H25NO3. The van der Waals surface area contributed by atoms with Gasteiger partial charge in [-0.1, -0.05) is 12.1 Å². The van der Waals surface area contributed by atoms with E-state index < -0.39 is 0 Å². The molecule has 0 saturated carbocycles. The molecule has 0 spiro atoms. The van der Waals surface area contributed by atoms with Gasteiger partial charge in [-0.15, -0.1) is 0 Å². The molecule has 1 aliphatic heterocycles. The third-order valence-electron chi connectivity index (χ3n) is 3.59. The second-order valence-electron chi connectivity index (χ2n) is 5.12. The van der Waals surface area contributed by atoms with Crippen LogP contribution in [0.4, 0.5) is 0 Å². The Labute approximate surface area is 121 Å². The molecule has 0 aliphatic carbocycles. The molecule has 1 N–H and O–H groups in total. The highest BCUT2D eigenvalue weighted by Crippen LogP contribution is 2.16. The highest BCUT2D eigenvalue weighted by atomic mass is 16.7. The van der Waals surface area contributed by atoms with Gasteiger partial charge in [-0.25, -0.2) is 0 Å². The Morgan fingerprint density at radius 2 is 2.15 bits per heavy atom. The number of nitrogens with one attached hydrogen (secondary N) is 1. The summed E-state index contributed by atoms with van der Waals surface area (Å²) in [5, 5.41) is 3.52. The van der Waals surface area contributed by atoms with Gasteiger partial charge in [-0.3, -0.25) is 0 Å². The Bertz CT molecular complexity index is 374. The maximum atomic E-state index is 5.68. The first-order valence-corrected chi connectivity index (χ1v) is 7.44. The molecule has 2 unspecified atom stereocenters. The number of hydrogen-bond donors (Lipinski definition) is 1. The fourth-order valence-electron chi connectivity index (χ4n) is 2.30. The molecule has 4 nitrogen and oxygen atoms in total. The molecule has 2 rings (SSSR count). The molecule has 0 bridgehead atoms. The van der Waals surface area contributed by atoms with E-state index in [9.17, 15) is 0 Å².